The number of aromatic carboxylic acids is 1. The molecule has 6 N–H and O–H groups in total. The maximum atomic E-state index is 13.1. The molecule has 2 aliphatic heterocycles. The lowest BCUT2D eigenvalue weighted by Crippen LogP contribution is -2.70. The number of thioether (sulfide) groups is 2. The van der Waals surface area contributed by atoms with Crippen LogP contribution in [0.1, 0.15) is 16.2 Å². The molecule has 0 aromatic carbocycles. The maximum absolute atomic E-state index is 13.1. The molecule has 5 rings (SSSR count). The van der Waals surface area contributed by atoms with Gasteiger partial charge in [-0.15, -0.1) is 28.2 Å². The Hall–Kier alpha value is -4.63. The van der Waals surface area contributed by atoms with Gasteiger partial charge in [-0.25, -0.2) is 29.1 Å². The highest BCUT2D eigenvalue weighted by molar-refractivity contribution is 8.01. The van der Waals surface area contributed by atoms with Gasteiger partial charge >= 0.3 is 12.1 Å². The fraction of sp³-hybridized carbons (Fsp3) is 0.250. The van der Waals surface area contributed by atoms with Gasteiger partial charge in [0.2, 0.25) is 11.7 Å². The van der Waals surface area contributed by atoms with Crippen molar-refractivity contribution in [2.45, 2.75) is 16.6 Å². The van der Waals surface area contributed by atoms with Gasteiger partial charge in [-0.05, 0) is 0 Å². The fourth-order valence-electron chi connectivity index (χ4n) is 3.86. The van der Waals surface area contributed by atoms with Gasteiger partial charge in [-0.1, -0.05) is 16.9 Å². The standard InChI is InChI=1S/C20H17N9O9S3/c1-37-27-10(8-5-40-17(21)22-8)12(31)24-11-13(32)29-14(38-20(35)36)6(3-39-15(11)29)4-41-19-26-25-18-23-7(16(33)34)2-9(30)28(18)19/h2,5,11,15H,3-4H2,1H3,(H2,21,22)(H,23,25)(H,24,31)(H,33,34)(H,35,36)/b27-10-/t11-,15-/m1/s1. The Morgan fingerprint density at radius 1 is 1.29 bits per heavy atom. The van der Waals surface area contributed by atoms with E-state index in [4.69, 9.17) is 20.4 Å². The molecule has 0 spiro atoms. The van der Waals surface area contributed by atoms with E-state index in [0.717, 1.165) is 38.5 Å². The first-order valence-electron chi connectivity index (χ1n) is 11.1. The van der Waals surface area contributed by atoms with Crippen molar-refractivity contribution in [2.75, 3.05) is 24.3 Å². The molecule has 0 unspecified atom stereocenters. The van der Waals surface area contributed by atoms with E-state index in [1.807, 2.05) is 0 Å². The minimum atomic E-state index is -1.66. The Bertz CT molecular complexity index is 1710. The number of thiazole rings is 1. The van der Waals surface area contributed by atoms with E-state index in [1.165, 1.54) is 24.3 Å². The van der Waals surface area contributed by atoms with E-state index in [9.17, 15) is 29.1 Å². The summed E-state index contributed by atoms with van der Waals surface area (Å²) in [5, 5.41) is 32.3. The normalized spacial score (nSPS) is 18.6. The monoisotopic (exact) mass is 623 g/mol. The van der Waals surface area contributed by atoms with Crippen LogP contribution in [0, 0.1) is 0 Å². The Morgan fingerprint density at radius 3 is 2.73 bits per heavy atom. The van der Waals surface area contributed by atoms with E-state index in [-0.39, 0.29) is 44.9 Å². The van der Waals surface area contributed by atoms with Crippen molar-refractivity contribution in [2.24, 2.45) is 5.16 Å². The number of aromatic nitrogens is 5. The van der Waals surface area contributed by atoms with Crippen LogP contribution in [0.2, 0.25) is 0 Å². The third kappa shape index (κ3) is 5.28. The van der Waals surface area contributed by atoms with Crippen molar-refractivity contribution in [3.8, 4) is 0 Å². The summed E-state index contributed by atoms with van der Waals surface area (Å²) in [6, 6.07) is -0.191. The molecule has 2 atom stereocenters. The average Bonchev–Trinajstić information content (AvgIpc) is 3.54. The molecule has 0 aliphatic carbocycles. The second-order valence-electron chi connectivity index (χ2n) is 8.07. The number of nitrogens with zero attached hydrogens (tertiary/aromatic N) is 6. The number of nitrogens with two attached hydrogens (primary N) is 1. The third-order valence-corrected chi connectivity index (χ3v) is 8.62. The van der Waals surface area contributed by atoms with Crippen molar-refractivity contribution in [3.63, 3.8) is 0 Å². The largest absolute Gasteiger partial charge is 0.512 e. The molecule has 2 amide bonds. The van der Waals surface area contributed by atoms with Crippen molar-refractivity contribution >= 4 is 75.4 Å². The molecule has 0 bridgehead atoms. The number of rotatable bonds is 9. The minimum absolute atomic E-state index is 0.0477. The van der Waals surface area contributed by atoms with Crippen LogP contribution in [0.3, 0.4) is 0 Å². The number of hydrogen-bond acceptors (Lipinski definition) is 15. The van der Waals surface area contributed by atoms with E-state index in [0.29, 0.717) is 5.57 Å². The molecule has 3 aromatic rings. The van der Waals surface area contributed by atoms with E-state index in [1.54, 1.807) is 0 Å². The number of carboxylic acids is 1. The zero-order chi connectivity index (χ0) is 29.4. The molecule has 21 heteroatoms. The molecule has 2 aliphatic rings. The Balaban J connectivity index is 1.35. The lowest BCUT2D eigenvalue weighted by Gasteiger charge is -2.49. The first-order valence-corrected chi connectivity index (χ1v) is 14.1. The summed E-state index contributed by atoms with van der Waals surface area (Å²) in [6.45, 7) is 0. The molecule has 3 aromatic heterocycles. The van der Waals surface area contributed by atoms with Crippen LogP contribution >= 0.6 is 34.9 Å². The quantitative estimate of drug-likeness (QED) is 0.0668. The molecule has 1 saturated heterocycles. The first-order chi connectivity index (χ1) is 19.6. The topological polar surface area (TPSA) is 257 Å². The zero-order valence-electron chi connectivity index (χ0n) is 20.5. The van der Waals surface area contributed by atoms with Gasteiger partial charge < -0.3 is 30.8 Å². The number of carbonyl (C=O) groups is 4. The highest BCUT2D eigenvalue weighted by Gasteiger charge is 2.54. The van der Waals surface area contributed by atoms with Crippen LogP contribution in [0.4, 0.5) is 9.93 Å². The van der Waals surface area contributed by atoms with Gasteiger partial charge in [-0.2, -0.15) is 0 Å². The van der Waals surface area contributed by atoms with Gasteiger partial charge in [0.1, 0.15) is 24.2 Å². The number of β-lactam (4-membered cyclic amide) rings is 1. The number of hydrogen-bond donors (Lipinski definition) is 5. The summed E-state index contributed by atoms with van der Waals surface area (Å²) in [4.78, 5) is 74.8. The SMILES string of the molecule is CO/N=C(\C(=O)N[C@@H]1C(=O)N2C(OC(=O)O)=C(CSc3n[nH]c4nc(C(=O)O)cc(=O)n34)CS[C@H]12)c1csc(N)n1. The summed E-state index contributed by atoms with van der Waals surface area (Å²) in [7, 11) is 1.24. The lowest BCUT2D eigenvalue weighted by atomic mass is 10.1. The number of carboxylic acid groups (broad SMARTS) is 2. The predicted octanol–water partition coefficient (Wildman–Crippen LogP) is -0.397. The molecular weight excluding hydrogens is 606 g/mol. The number of anilines is 1. The van der Waals surface area contributed by atoms with Crippen molar-refractivity contribution < 1.29 is 39.0 Å². The van der Waals surface area contributed by atoms with Gasteiger partial charge in [-0.3, -0.25) is 19.3 Å². The number of ether oxygens (including phenoxy) is 1. The van der Waals surface area contributed by atoms with Crippen LogP contribution in [0.5, 0.6) is 0 Å². The molecule has 18 nitrogen and oxygen atoms in total. The number of aromatic amines is 1. The van der Waals surface area contributed by atoms with Crippen molar-refractivity contribution in [1.82, 2.24) is 34.8 Å². The van der Waals surface area contributed by atoms with Gasteiger partial charge in [0, 0.05) is 28.5 Å². The number of amides is 2. The Morgan fingerprint density at radius 2 is 2.07 bits per heavy atom. The number of nitrogen functional groups attached to an aromatic ring is 1. The van der Waals surface area contributed by atoms with Crippen LogP contribution < -0.4 is 16.6 Å². The second-order valence-corrected chi connectivity index (χ2v) is 11.0. The summed E-state index contributed by atoms with van der Waals surface area (Å²) in [5.74, 6) is -2.83. The molecule has 5 heterocycles. The summed E-state index contributed by atoms with van der Waals surface area (Å²) in [5.41, 5.74) is 4.84. The van der Waals surface area contributed by atoms with Crippen LogP contribution in [-0.4, -0.2) is 99.4 Å². The highest BCUT2D eigenvalue weighted by atomic mass is 32.2. The molecule has 0 saturated carbocycles. The van der Waals surface area contributed by atoms with Gasteiger partial charge in [0.25, 0.3) is 17.4 Å². The number of oxime groups is 1. The third-order valence-electron chi connectivity index (χ3n) is 5.58. The highest BCUT2D eigenvalue weighted by Crippen LogP contribution is 2.42. The molecule has 214 valence electrons. The van der Waals surface area contributed by atoms with E-state index < -0.39 is 46.6 Å². The van der Waals surface area contributed by atoms with Crippen molar-refractivity contribution in [3.05, 3.63) is 44.6 Å². The lowest BCUT2D eigenvalue weighted by molar-refractivity contribution is -0.148. The van der Waals surface area contributed by atoms with Gasteiger partial charge in [0.05, 0.1) is 0 Å². The predicted molar refractivity (Wildman–Crippen MR) is 143 cm³/mol. The number of fused-ring (bicyclic) bond motifs is 2. The number of carbonyl (C=O) groups excluding carboxylic acids is 2. The van der Waals surface area contributed by atoms with E-state index in [2.05, 4.69) is 30.6 Å². The maximum Gasteiger partial charge on any atom is 0.512 e. The minimum Gasteiger partial charge on any atom is -0.477 e. The average molecular weight is 624 g/mol. The summed E-state index contributed by atoms with van der Waals surface area (Å²) >= 11 is 3.34. The van der Waals surface area contributed by atoms with E-state index >= 15 is 0 Å². The second kappa shape index (κ2) is 11.1. The molecular formula is C20H17N9O9S3. The first kappa shape index (κ1) is 27.9. The Kier molecular flexibility index (Phi) is 7.55. The number of nitrogens with one attached hydrogen (secondary N) is 2. The Labute approximate surface area is 239 Å². The molecule has 41 heavy (non-hydrogen) atoms. The molecule has 0 radical (unpaired) electrons. The van der Waals surface area contributed by atoms with Crippen LogP contribution in [0.15, 0.2) is 38.0 Å². The smallest absolute Gasteiger partial charge is 0.477 e. The summed E-state index contributed by atoms with van der Waals surface area (Å²) < 4.78 is 6.02. The number of H-pyrrole nitrogens is 1. The summed E-state index contributed by atoms with van der Waals surface area (Å²) in [6.07, 6.45) is -1.66. The van der Waals surface area contributed by atoms with Crippen molar-refractivity contribution in [1.29, 1.82) is 0 Å². The van der Waals surface area contributed by atoms with Crippen LogP contribution in [0.25, 0.3) is 5.78 Å². The fourth-order valence-corrected chi connectivity index (χ4v) is 6.80. The molecule has 1 fully saturated rings. The van der Waals surface area contributed by atoms with Gasteiger partial charge in [0.15, 0.2) is 21.7 Å². The zero-order valence-corrected chi connectivity index (χ0v) is 22.9. The van der Waals surface area contributed by atoms with Crippen LogP contribution in [-0.2, 0) is 19.2 Å².